The van der Waals surface area contributed by atoms with Crippen molar-refractivity contribution >= 4 is 0 Å². The molecule has 0 aromatic rings. The molecule has 1 N–H and O–H groups in total. The maximum Gasteiger partial charge on any atom is 0.0619 e. The van der Waals surface area contributed by atoms with Gasteiger partial charge in [-0.2, -0.15) is 0 Å². The van der Waals surface area contributed by atoms with Crippen LogP contribution >= 0.6 is 0 Å². The van der Waals surface area contributed by atoms with Gasteiger partial charge in [-0.15, -0.1) is 0 Å². The van der Waals surface area contributed by atoms with Crippen LogP contribution in [-0.4, -0.2) is 25.8 Å². The molecule has 1 saturated heterocycles. The SMILES string of the molecule is CN[C@@H]1CCC[C@H]2OCC[C@H]12. The summed E-state index contributed by atoms with van der Waals surface area (Å²) in [6, 6.07) is 0.733. The average Bonchev–Trinajstić information content (AvgIpc) is 2.50. The smallest absolute Gasteiger partial charge is 0.0619 e. The average molecular weight is 155 g/mol. The molecule has 0 radical (unpaired) electrons. The lowest BCUT2D eigenvalue weighted by atomic mass is 9.82. The summed E-state index contributed by atoms with van der Waals surface area (Å²) in [7, 11) is 2.07. The number of hydrogen-bond acceptors (Lipinski definition) is 2. The van der Waals surface area contributed by atoms with Gasteiger partial charge < -0.3 is 10.1 Å². The van der Waals surface area contributed by atoms with Gasteiger partial charge in [-0.05, 0) is 32.7 Å². The second-order valence-electron chi connectivity index (χ2n) is 3.69. The number of ether oxygens (including phenoxy) is 1. The van der Waals surface area contributed by atoms with Gasteiger partial charge in [0.2, 0.25) is 0 Å². The first-order chi connectivity index (χ1) is 5.42. The summed E-state index contributed by atoms with van der Waals surface area (Å²) in [6.07, 6.45) is 5.84. The van der Waals surface area contributed by atoms with Crippen molar-refractivity contribution in [1.29, 1.82) is 0 Å². The minimum Gasteiger partial charge on any atom is -0.378 e. The van der Waals surface area contributed by atoms with Crippen molar-refractivity contribution in [3.05, 3.63) is 0 Å². The Morgan fingerprint density at radius 2 is 2.18 bits per heavy atom. The number of hydrogen-bond donors (Lipinski definition) is 1. The third-order valence-electron chi connectivity index (χ3n) is 3.15. The fraction of sp³-hybridized carbons (Fsp3) is 1.00. The number of fused-ring (bicyclic) bond motifs is 1. The van der Waals surface area contributed by atoms with Crippen LogP contribution in [0.3, 0.4) is 0 Å². The van der Waals surface area contributed by atoms with Crippen LogP contribution in [0.15, 0.2) is 0 Å². The van der Waals surface area contributed by atoms with E-state index in [9.17, 15) is 0 Å². The molecule has 1 saturated carbocycles. The Morgan fingerprint density at radius 3 is 3.00 bits per heavy atom. The summed E-state index contributed by atoms with van der Waals surface area (Å²) in [5.74, 6) is 0.814. The third-order valence-corrected chi connectivity index (χ3v) is 3.15. The maximum atomic E-state index is 5.65. The van der Waals surface area contributed by atoms with E-state index in [1.165, 1.54) is 25.7 Å². The van der Waals surface area contributed by atoms with E-state index >= 15 is 0 Å². The Kier molecular flexibility index (Phi) is 2.14. The first-order valence-corrected chi connectivity index (χ1v) is 4.70. The molecule has 2 aliphatic rings. The molecule has 2 rings (SSSR count). The van der Waals surface area contributed by atoms with Gasteiger partial charge in [0.25, 0.3) is 0 Å². The highest BCUT2D eigenvalue weighted by molar-refractivity contribution is 4.89. The quantitative estimate of drug-likeness (QED) is 0.613. The lowest BCUT2D eigenvalue weighted by molar-refractivity contribution is 0.0546. The highest BCUT2D eigenvalue weighted by Crippen LogP contribution is 2.33. The van der Waals surface area contributed by atoms with Gasteiger partial charge >= 0.3 is 0 Å². The second kappa shape index (κ2) is 3.11. The first kappa shape index (κ1) is 7.56. The molecule has 0 aromatic carbocycles. The molecule has 0 unspecified atom stereocenters. The molecule has 0 bridgehead atoms. The van der Waals surface area contributed by atoms with E-state index in [4.69, 9.17) is 4.74 Å². The summed E-state index contributed by atoms with van der Waals surface area (Å²) in [5, 5.41) is 3.40. The molecule has 2 nitrogen and oxygen atoms in total. The summed E-state index contributed by atoms with van der Waals surface area (Å²) in [4.78, 5) is 0. The van der Waals surface area contributed by atoms with Crippen molar-refractivity contribution in [2.75, 3.05) is 13.7 Å². The molecule has 2 heteroatoms. The van der Waals surface area contributed by atoms with Crippen LogP contribution in [-0.2, 0) is 4.74 Å². The summed E-state index contributed by atoms with van der Waals surface area (Å²) in [5.41, 5.74) is 0. The predicted octanol–water partition coefficient (Wildman–Crippen LogP) is 1.16. The van der Waals surface area contributed by atoms with Gasteiger partial charge in [-0.3, -0.25) is 0 Å². The van der Waals surface area contributed by atoms with Gasteiger partial charge in [0.05, 0.1) is 6.10 Å². The van der Waals surface area contributed by atoms with E-state index in [0.29, 0.717) is 6.10 Å². The molecule has 2 fully saturated rings. The van der Waals surface area contributed by atoms with Crippen LogP contribution in [0.25, 0.3) is 0 Å². The van der Waals surface area contributed by atoms with Crippen molar-refractivity contribution in [3.8, 4) is 0 Å². The molecule has 1 heterocycles. The molecule has 3 atom stereocenters. The normalized spacial score (nSPS) is 43.9. The fourth-order valence-electron chi connectivity index (χ4n) is 2.53. The van der Waals surface area contributed by atoms with Gasteiger partial charge in [-0.1, -0.05) is 0 Å². The topological polar surface area (TPSA) is 21.3 Å². The number of nitrogens with one attached hydrogen (secondary N) is 1. The molecule has 11 heavy (non-hydrogen) atoms. The molecule has 0 spiro atoms. The van der Waals surface area contributed by atoms with Gasteiger partial charge in [0, 0.05) is 18.6 Å². The zero-order chi connectivity index (χ0) is 7.68. The summed E-state index contributed by atoms with van der Waals surface area (Å²) in [6.45, 7) is 0.994. The first-order valence-electron chi connectivity index (χ1n) is 4.70. The Morgan fingerprint density at radius 1 is 1.27 bits per heavy atom. The third kappa shape index (κ3) is 1.30. The maximum absolute atomic E-state index is 5.65. The summed E-state index contributed by atoms with van der Waals surface area (Å²) >= 11 is 0. The second-order valence-corrected chi connectivity index (χ2v) is 3.69. The molecule has 0 amide bonds. The van der Waals surface area contributed by atoms with E-state index in [-0.39, 0.29) is 0 Å². The van der Waals surface area contributed by atoms with Crippen molar-refractivity contribution < 1.29 is 4.74 Å². The van der Waals surface area contributed by atoms with Crippen LogP contribution in [0, 0.1) is 5.92 Å². The van der Waals surface area contributed by atoms with Gasteiger partial charge in [-0.25, -0.2) is 0 Å². The molecule has 0 aromatic heterocycles. The molecule has 1 aliphatic heterocycles. The highest BCUT2D eigenvalue weighted by atomic mass is 16.5. The lowest BCUT2D eigenvalue weighted by Gasteiger charge is -2.32. The monoisotopic (exact) mass is 155 g/mol. The van der Waals surface area contributed by atoms with Crippen LogP contribution in [0.5, 0.6) is 0 Å². The van der Waals surface area contributed by atoms with Crippen molar-refractivity contribution in [2.45, 2.75) is 37.8 Å². The number of rotatable bonds is 1. The van der Waals surface area contributed by atoms with Crippen LogP contribution in [0.2, 0.25) is 0 Å². The minimum absolute atomic E-state index is 0.584. The largest absolute Gasteiger partial charge is 0.378 e. The van der Waals surface area contributed by atoms with Crippen molar-refractivity contribution in [1.82, 2.24) is 5.32 Å². The van der Waals surface area contributed by atoms with Crippen molar-refractivity contribution in [3.63, 3.8) is 0 Å². The Labute approximate surface area is 68.3 Å². The molecule has 64 valence electrons. The highest BCUT2D eigenvalue weighted by Gasteiger charge is 2.36. The molecular weight excluding hydrogens is 138 g/mol. The standard InChI is InChI=1S/C9H17NO/c1-10-8-3-2-4-9-7(8)5-6-11-9/h7-10H,2-6H2,1H3/t7-,8-,9-/m1/s1. The molecule has 1 aliphatic carbocycles. The Balaban J connectivity index is 2.00. The van der Waals surface area contributed by atoms with E-state index in [0.717, 1.165) is 18.6 Å². The van der Waals surface area contributed by atoms with Gasteiger partial charge in [0.1, 0.15) is 0 Å². The van der Waals surface area contributed by atoms with Crippen LogP contribution in [0.1, 0.15) is 25.7 Å². The fourth-order valence-corrected chi connectivity index (χ4v) is 2.53. The molecular formula is C9H17NO. The lowest BCUT2D eigenvalue weighted by Crippen LogP contribution is -2.41. The van der Waals surface area contributed by atoms with E-state index in [1.807, 2.05) is 0 Å². The van der Waals surface area contributed by atoms with Crippen LogP contribution < -0.4 is 5.32 Å². The van der Waals surface area contributed by atoms with Gasteiger partial charge in [0.15, 0.2) is 0 Å². The van der Waals surface area contributed by atoms with Crippen molar-refractivity contribution in [2.24, 2.45) is 5.92 Å². The summed E-state index contributed by atoms with van der Waals surface area (Å²) < 4.78 is 5.65. The minimum atomic E-state index is 0.584. The van der Waals surface area contributed by atoms with Crippen LogP contribution in [0.4, 0.5) is 0 Å². The van der Waals surface area contributed by atoms with E-state index in [1.54, 1.807) is 0 Å². The Bertz CT molecular complexity index is 138. The van der Waals surface area contributed by atoms with E-state index < -0.39 is 0 Å². The zero-order valence-corrected chi connectivity index (χ0v) is 7.18. The zero-order valence-electron chi connectivity index (χ0n) is 7.18. The van der Waals surface area contributed by atoms with E-state index in [2.05, 4.69) is 12.4 Å². The predicted molar refractivity (Wildman–Crippen MR) is 44.5 cm³/mol. The Hall–Kier alpha value is -0.0800.